The summed E-state index contributed by atoms with van der Waals surface area (Å²) >= 11 is 0. The minimum Gasteiger partial charge on any atom is -0.469 e. The predicted molar refractivity (Wildman–Crippen MR) is 46.8 cm³/mol. The molecular weight excluding hydrogens is 174 g/mol. The van der Waals surface area contributed by atoms with Crippen LogP contribution in [0.4, 0.5) is 0 Å². The number of carbonyl (C=O) groups is 1. The second-order valence-corrected chi connectivity index (χ2v) is 2.72. The molecule has 0 saturated heterocycles. The molecule has 5 nitrogen and oxygen atoms in total. The SMILES string of the molecule is COC(=O)[C@@H](C)/C=C/[C@H](C)[N+](=O)[O-]. The fourth-order valence-corrected chi connectivity index (χ4v) is 0.662. The Balaban J connectivity index is 4.11. The Morgan fingerprint density at radius 1 is 1.46 bits per heavy atom. The summed E-state index contributed by atoms with van der Waals surface area (Å²) in [5.41, 5.74) is 0. The molecule has 0 aromatic rings. The van der Waals surface area contributed by atoms with Crippen LogP contribution in [0.15, 0.2) is 12.2 Å². The van der Waals surface area contributed by atoms with E-state index < -0.39 is 22.9 Å². The molecule has 0 aliphatic heterocycles. The molecule has 74 valence electrons. The van der Waals surface area contributed by atoms with E-state index in [9.17, 15) is 14.9 Å². The molecule has 0 radical (unpaired) electrons. The van der Waals surface area contributed by atoms with Crippen LogP contribution >= 0.6 is 0 Å². The van der Waals surface area contributed by atoms with Crippen LogP contribution in [0.2, 0.25) is 0 Å². The summed E-state index contributed by atoms with van der Waals surface area (Å²) in [5, 5.41) is 10.2. The lowest BCUT2D eigenvalue weighted by atomic mass is 10.1. The predicted octanol–water partition coefficient (Wildman–Crippen LogP) is 1.02. The van der Waals surface area contributed by atoms with Gasteiger partial charge >= 0.3 is 5.97 Å². The first-order chi connectivity index (χ1) is 5.99. The van der Waals surface area contributed by atoms with Crippen molar-refractivity contribution < 1.29 is 14.5 Å². The van der Waals surface area contributed by atoms with E-state index in [1.165, 1.54) is 26.2 Å². The highest BCUT2D eigenvalue weighted by atomic mass is 16.6. The maximum Gasteiger partial charge on any atom is 0.312 e. The molecule has 0 rings (SSSR count). The quantitative estimate of drug-likeness (QED) is 0.285. The number of hydrogen-bond acceptors (Lipinski definition) is 4. The third-order valence-electron chi connectivity index (χ3n) is 1.58. The number of hydrogen-bond donors (Lipinski definition) is 0. The number of rotatable bonds is 4. The topological polar surface area (TPSA) is 69.4 Å². The lowest BCUT2D eigenvalue weighted by molar-refractivity contribution is -0.504. The molecule has 0 aliphatic carbocycles. The first-order valence-corrected chi connectivity index (χ1v) is 3.88. The standard InChI is InChI=1S/C8H13NO4/c1-6(8(10)13-3)4-5-7(2)9(11)12/h4-7H,1-3H3/b5-4+/t6-,7-/m0/s1. The summed E-state index contributed by atoms with van der Waals surface area (Å²) in [6, 6.07) is -0.771. The maximum atomic E-state index is 10.9. The van der Waals surface area contributed by atoms with E-state index in [0.29, 0.717) is 0 Å². The van der Waals surface area contributed by atoms with Gasteiger partial charge in [-0.1, -0.05) is 6.08 Å². The van der Waals surface area contributed by atoms with Crippen molar-refractivity contribution in [3.05, 3.63) is 22.3 Å². The molecule has 0 aliphatic rings. The van der Waals surface area contributed by atoms with E-state index in [1.54, 1.807) is 6.92 Å². The van der Waals surface area contributed by atoms with Gasteiger partial charge in [-0.2, -0.15) is 0 Å². The van der Waals surface area contributed by atoms with Crippen molar-refractivity contribution in [1.29, 1.82) is 0 Å². The smallest absolute Gasteiger partial charge is 0.312 e. The van der Waals surface area contributed by atoms with E-state index in [0.717, 1.165) is 0 Å². The molecule has 0 fully saturated rings. The first-order valence-electron chi connectivity index (χ1n) is 3.88. The highest BCUT2D eigenvalue weighted by Gasteiger charge is 2.12. The molecule has 5 heteroatoms. The molecule has 0 saturated carbocycles. The van der Waals surface area contributed by atoms with Gasteiger partial charge in [-0.15, -0.1) is 0 Å². The summed E-state index contributed by atoms with van der Waals surface area (Å²) in [6.45, 7) is 3.06. The van der Waals surface area contributed by atoms with E-state index in [1.807, 2.05) is 0 Å². The minimum atomic E-state index is -0.771. The monoisotopic (exact) mass is 187 g/mol. The van der Waals surface area contributed by atoms with Crippen molar-refractivity contribution in [2.45, 2.75) is 19.9 Å². The molecule has 0 N–H and O–H groups in total. The van der Waals surface area contributed by atoms with Crippen LogP contribution in [0.3, 0.4) is 0 Å². The Morgan fingerprint density at radius 2 is 2.00 bits per heavy atom. The highest BCUT2D eigenvalue weighted by Crippen LogP contribution is 2.01. The van der Waals surface area contributed by atoms with Gasteiger partial charge in [0.05, 0.1) is 13.0 Å². The summed E-state index contributed by atoms with van der Waals surface area (Å²) < 4.78 is 4.44. The molecule has 13 heavy (non-hydrogen) atoms. The van der Waals surface area contributed by atoms with Gasteiger partial charge in [0.25, 0.3) is 0 Å². The average molecular weight is 187 g/mol. The lowest BCUT2D eigenvalue weighted by Gasteiger charge is -2.02. The lowest BCUT2D eigenvalue weighted by Crippen LogP contribution is -2.14. The largest absolute Gasteiger partial charge is 0.469 e. The minimum absolute atomic E-state index is 0.396. The third-order valence-corrected chi connectivity index (χ3v) is 1.58. The second-order valence-electron chi connectivity index (χ2n) is 2.72. The zero-order valence-corrected chi connectivity index (χ0v) is 7.89. The second kappa shape index (κ2) is 5.29. The molecule has 0 unspecified atom stereocenters. The number of carbonyl (C=O) groups excluding carboxylic acids is 1. The molecule has 2 atom stereocenters. The normalized spacial score (nSPS) is 15.3. The fourth-order valence-electron chi connectivity index (χ4n) is 0.662. The van der Waals surface area contributed by atoms with Crippen LogP contribution in [0.5, 0.6) is 0 Å². The summed E-state index contributed by atoms with van der Waals surface area (Å²) in [6.07, 6.45) is 2.85. The molecule has 0 amide bonds. The van der Waals surface area contributed by atoms with Crippen molar-refractivity contribution in [3.63, 3.8) is 0 Å². The number of nitro groups is 1. The van der Waals surface area contributed by atoms with Gasteiger partial charge in [0.1, 0.15) is 0 Å². The Morgan fingerprint density at radius 3 is 2.38 bits per heavy atom. The Hall–Kier alpha value is -1.39. The van der Waals surface area contributed by atoms with Gasteiger partial charge in [0.15, 0.2) is 0 Å². The van der Waals surface area contributed by atoms with Crippen LogP contribution in [-0.4, -0.2) is 24.0 Å². The van der Waals surface area contributed by atoms with Gasteiger partial charge in [-0.05, 0) is 13.0 Å². The zero-order valence-electron chi connectivity index (χ0n) is 7.89. The summed E-state index contributed by atoms with van der Waals surface area (Å²) in [7, 11) is 1.28. The van der Waals surface area contributed by atoms with Crippen LogP contribution in [-0.2, 0) is 9.53 Å². The van der Waals surface area contributed by atoms with Crippen molar-refractivity contribution >= 4 is 5.97 Å². The molecule has 0 bridgehead atoms. The van der Waals surface area contributed by atoms with Crippen LogP contribution in [0, 0.1) is 16.0 Å². The van der Waals surface area contributed by atoms with Gasteiger partial charge in [-0.25, -0.2) is 0 Å². The first kappa shape index (κ1) is 11.6. The third kappa shape index (κ3) is 4.25. The van der Waals surface area contributed by atoms with Gasteiger partial charge in [0.2, 0.25) is 6.04 Å². The average Bonchev–Trinajstić information content (AvgIpc) is 2.11. The van der Waals surface area contributed by atoms with Crippen LogP contribution in [0.1, 0.15) is 13.8 Å². The van der Waals surface area contributed by atoms with E-state index in [-0.39, 0.29) is 0 Å². The fraction of sp³-hybridized carbons (Fsp3) is 0.625. The number of nitrogens with zero attached hydrogens (tertiary/aromatic N) is 1. The molecule has 0 aromatic carbocycles. The van der Waals surface area contributed by atoms with Crippen molar-refractivity contribution in [1.82, 2.24) is 0 Å². The number of ether oxygens (including phenoxy) is 1. The van der Waals surface area contributed by atoms with Gasteiger partial charge in [-0.3, -0.25) is 14.9 Å². The Labute approximate surface area is 76.5 Å². The Kier molecular flexibility index (Phi) is 4.72. The molecule has 0 heterocycles. The maximum absolute atomic E-state index is 10.9. The summed E-state index contributed by atoms with van der Waals surface area (Å²) in [4.78, 5) is 20.6. The van der Waals surface area contributed by atoms with E-state index >= 15 is 0 Å². The van der Waals surface area contributed by atoms with Crippen LogP contribution in [0.25, 0.3) is 0 Å². The molecule has 0 spiro atoms. The zero-order chi connectivity index (χ0) is 10.4. The van der Waals surface area contributed by atoms with Crippen molar-refractivity contribution in [3.8, 4) is 0 Å². The van der Waals surface area contributed by atoms with Crippen molar-refractivity contribution in [2.75, 3.05) is 7.11 Å². The van der Waals surface area contributed by atoms with Gasteiger partial charge in [0, 0.05) is 11.8 Å². The van der Waals surface area contributed by atoms with E-state index in [2.05, 4.69) is 4.74 Å². The number of methoxy groups -OCH3 is 1. The van der Waals surface area contributed by atoms with Gasteiger partial charge < -0.3 is 4.74 Å². The van der Waals surface area contributed by atoms with Crippen LogP contribution < -0.4 is 0 Å². The Bertz CT molecular complexity index is 224. The molecule has 0 aromatic heterocycles. The summed E-state index contributed by atoms with van der Waals surface area (Å²) in [5.74, 6) is -0.834. The van der Waals surface area contributed by atoms with Crippen molar-refractivity contribution in [2.24, 2.45) is 5.92 Å². The van der Waals surface area contributed by atoms with E-state index in [4.69, 9.17) is 0 Å². The highest BCUT2D eigenvalue weighted by molar-refractivity contribution is 5.73. The number of esters is 1. The molecular formula is C8H13NO4.